The van der Waals surface area contributed by atoms with Gasteiger partial charge in [-0.15, -0.1) is 0 Å². The van der Waals surface area contributed by atoms with Crippen molar-refractivity contribution in [2.45, 2.75) is 39.8 Å². The molecule has 0 spiro atoms. The van der Waals surface area contributed by atoms with Crippen LogP contribution in [-0.2, 0) is 0 Å². The standard InChI is InChI=1S/C15H22N4/c1-10(2)19-14(5-6-17-19)15(18-16)13-8-11(3)7-12(4)9-13/h5-10,15,18H,16H2,1-4H3. The fourth-order valence-electron chi connectivity index (χ4n) is 2.51. The van der Waals surface area contributed by atoms with Crippen molar-refractivity contribution in [1.82, 2.24) is 15.2 Å². The molecule has 0 radical (unpaired) electrons. The van der Waals surface area contributed by atoms with Crippen LogP contribution in [0.15, 0.2) is 30.5 Å². The van der Waals surface area contributed by atoms with Gasteiger partial charge in [-0.25, -0.2) is 5.43 Å². The summed E-state index contributed by atoms with van der Waals surface area (Å²) in [5, 5.41) is 4.38. The summed E-state index contributed by atoms with van der Waals surface area (Å²) in [6.45, 7) is 8.44. The molecule has 1 aromatic heterocycles. The third kappa shape index (κ3) is 2.85. The molecular weight excluding hydrogens is 236 g/mol. The highest BCUT2D eigenvalue weighted by molar-refractivity contribution is 5.34. The number of hydrogen-bond donors (Lipinski definition) is 2. The Labute approximate surface area is 114 Å². The molecule has 1 heterocycles. The molecule has 1 unspecified atom stereocenters. The first kappa shape index (κ1) is 13.8. The summed E-state index contributed by atoms with van der Waals surface area (Å²) >= 11 is 0. The zero-order valence-corrected chi connectivity index (χ0v) is 12.0. The number of benzene rings is 1. The number of hydrazine groups is 1. The third-order valence-corrected chi connectivity index (χ3v) is 3.23. The van der Waals surface area contributed by atoms with E-state index in [1.54, 1.807) is 0 Å². The van der Waals surface area contributed by atoms with Crippen LogP contribution in [0.5, 0.6) is 0 Å². The molecular formula is C15H22N4. The van der Waals surface area contributed by atoms with Gasteiger partial charge in [-0.2, -0.15) is 5.10 Å². The molecule has 0 amide bonds. The minimum atomic E-state index is -0.0384. The number of rotatable bonds is 4. The average Bonchev–Trinajstić information content (AvgIpc) is 2.78. The summed E-state index contributed by atoms with van der Waals surface area (Å²) in [6, 6.07) is 8.78. The molecule has 0 aliphatic heterocycles. The number of nitrogens with zero attached hydrogens (tertiary/aromatic N) is 2. The van der Waals surface area contributed by atoms with Crippen LogP contribution in [0.2, 0.25) is 0 Å². The van der Waals surface area contributed by atoms with Gasteiger partial charge in [0.1, 0.15) is 0 Å². The maximum atomic E-state index is 5.77. The van der Waals surface area contributed by atoms with Crippen LogP contribution in [0.1, 0.15) is 48.3 Å². The average molecular weight is 258 g/mol. The monoisotopic (exact) mass is 258 g/mol. The quantitative estimate of drug-likeness (QED) is 0.655. The van der Waals surface area contributed by atoms with E-state index < -0.39 is 0 Å². The highest BCUT2D eigenvalue weighted by Gasteiger charge is 2.18. The van der Waals surface area contributed by atoms with Gasteiger partial charge in [-0.3, -0.25) is 10.5 Å². The van der Waals surface area contributed by atoms with E-state index in [1.807, 2.05) is 16.9 Å². The Kier molecular flexibility index (Phi) is 4.02. The minimum Gasteiger partial charge on any atom is -0.271 e. The van der Waals surface area contributed by atoms with Crippen molar-refractivity contribution in [3.05, 3.63) is 52.8 Å². The molecule has 0 aliphatic rings. The van der Waals surface area contributed by atoms with Crippen LogP contribution < -0.4 is 11.3 Å². The molecule has 0 aliphatic carbocycles. The van der Waals surface area contributed by atoms with E-state index in [1.165, 1.54) is 16.7 Å². The van der Waals surface area contributed by atoms with Crippen molar-refractivity contribution in [2.24, 2.45) is 5.84 Å². The van der Waals surface area contributed by atoms with Crippen LogP contribution in [0, 0.1) is 13.8 Å². The third-order valence-electron chi connectivity index (χ3n) is 3.23. The van der Waals surface area contributed by atoms with E-state index in [9.17, 15) is 0 Å². The van der Waals surface area contributed by atoms with Gasteiger partial charge in [0.15, 0.2) is 0 Å². The molecule has 102 valence electrons. The Morgan fingerprint density at radius 2 is 1.79 bits per heavy atom. The predicted octanol–water partition coefficient (Wildman–Crippen LogP) is 2.63. The summed E-state index contributed by atoms with van der Waals surface area (Å²) in [5.74, 6) is 5.77. The van der Waals surface area contributed by atoms with Crippen molar-refractivity contribution in [1.29, 1.82) is 0 Å². The highest BCUT2D eigenvalue weighted by atomic mass is 15.3. The first-order valence-corrected chi connectivity index (χ1v) is 6.60. The number of nitrogens with one attached hydrogen (secondary N) is 1. The first-order valence-electron chi connectivity index (χ1n) is 6.60. The minimum absolute atomic E-state index is 0.0384. The molecule has 3 N–H and O–H groups in total. The maximum Gasteiger partial charge on any atom is 0.0878 e. The summed E-state index contributed by atoms with van der Waals surface area (Å²) in [7, 11) is 0. The fraction of sp³-hybridized carbons (Fsp3) is 0.400. The van der Waals surface area contributed by atoms with E-state index in [-0.39, 0.29) is 6.04 Å². The van der Waals surface area contributed by atoms with Crippen molar-refractivity contribution < 1.29 is 0 Å². The summed E-state index contributed by atoms with van der Waals surface area (Å²) in [4.78, 5) is 0. The number of aromatic nitrogens is 2. The Morgan fingerprint density at radius 1 is 1.16 bits per heavy atom. The smallest absolute Gasteiger partial charge is 0.0878 e. The van der Waals surface area contributed by atoms with Gasteiger partial charge >= 0.3 is 0 Å². The number of nitrogens with two attached hydrogens (primary N) is 1. The van der Waals surface area contributed by atoms with Gasteiger partial charge in [0.25, 0.3) is 0 Å². The van der Waals surface area contributed by atoms with Gasteiger partial charge in [-0.1, -0.05) is 29.3 Å². The second kappa shape index (κ2) is 5.55. The molecule has 0 bridgehead atoms. The fourth-order valence-corrected chi connectivity index (χ4v) is 2.51. The van der Waals surface area contributed by atoms with Crippen LogP contribution in [0.4, 0.5) is 0 Å². The zero-order chi connectivity index (χ0) is 14.0. The van der Waals surface area contributed by atoms with Crippen molar-refractivity contribution in [2.75, 3.05) is 0 Å². The molecule has 2 aromatic rings. The van der Waals surface area contributed by atoms with Gasteiger partial charge in [0, 0.05) is 12.2 Å². The van der Waals surface area contributed by atoms with Crippen LogP contribution in [-0.4, -0.2) is 9.78 Å². The highest BCUT2D eigenvalue weighted by Crippen LogP contribution is 2.24. The van der Waals surface area contributed by atoms with E-state index in [0.717, 1.165) is 5.69 Å². The largest absolute Gasteiger partial charge is 0.271 e. The Bertz CT molecular complexity index is 537. The molecule has 19 heavy (non-hydrogen) atoms. The zero-order valence-electron chi connectivity index (χ0n) is 12.0. The molecule has 4 nitrogen and oxygen atoms in total. The normalized spacial score (nSPS) is 12.9. The molecule has 4 heteroatoms. The lowest BCUT2D eigenvalue weighted by Gasteiger charge is -2.21. The molecule has 0 saturated carbocycles. The summed E-state index contributed by atoms with van der Waals surface area (Å²) < 4.78 is 2.00. The molecule has 1 aromatic carbocycles. The molecule has 0 fully saturated rings. The summed E-state index contributed by atoms with van der Waals surface area (Å²) in [5.41, 5.74) is 7.65. The Morgan fingerprint density at radius 3 is 2.32 bits per heavy atom. The maximum absolute atomic E-state index is 5.77. The lowest BCUT2D eigenvalue weighted by atomic mass is 9.99. The Balaban J connectivity index is 2.47. The van der Waals surface area contributed by atoms with Crippen molar-refractivity contribution in [3.8, 4) is 0 Å². The van der Waals surface area contributed by atoms with Gasteiger partial charge < -0.3 is 0 Å². The van der Waals surface area contributed by atoms with Crippen LogP contribution in [0.3, 0.4) is 0 Å². The van der Waals surface area contributed by atoms with Crippen LogP contribution in [0.25, 0.3) is 0 Å². The Hall–Kier alpha value is -1.65. The lowest BCUT2D eigenvalue weighted by Crippen LogP contribution is -2.31. The summed E-state index contributed by atoms with van der Waals surface area (Å²) in [6.07, 6.45) is 1.82. The van der Waals surface area contributed by atoms with Gasteiger partial charge in [0.2, 0.25) is 0 Å². The van der Waals surface area contributed by atoms with Crippen LogP contribution >= 0.6 is 0 Å². The lowest BCUT2D eigenvalue weighted by molar-refractivity contribution is 0.476. The SMILES string of the molecule is Cc1cc(C)cc(C(NN)c2ccnn2C(C)C)c1. The molecule has 1 atom stereocenters. The van der Waals surface area contributed by atoms with E-state index in [0.29, 0.717) is 6.04 Å². The topological polar surface area (TPSA) is 55.9 Å². The van der Waals surface area contributed by atoms with Crippen molar-refractivity contribution in [3.63, 3.8) is 0 Å². The van der Waals surface area contributed by atoms with E-state index >= 15 is 0 Å². The van der Waals surface area contributed by atoms with Gasteiger partial charge in [-0.05, 0) is 39.3 Å². The molecule has 0 saturated heterocycles. The second-order valence-electron chi connectivity index (χ2n) is 5.32. The number of hydrogen-bond acceptors (Lipinski definition) is 3. The van der Waals surface area contributed by atoms with Crippen molar-refractivity contribution >= 4 is 0 Å². The molecule has 2 rings (SSSR count). The van der Waals surface area contributed by atoms with E-state index in [4.69, 9.17) is 5.84 Å². The predicted molar refractivity (Wildman–Crippen MR) is 77.7 cm³/mol. The number of aryl methyl sites for hydroxylation is 2. The van der Waals surface area contributed by atoms with E-state index in [2.05, 4.69) is 56.4 Å². The second-order valence-corrected chi connectivity index (χ2v) is 5.32. The first-order chi connectivity index (χ1) is 9.02. The van der Waals surface area contributed by atoms with Gasteiger partial charge in [0.05, 0.1) is 11.7 Å².